The van der Waals surface area contributed by atoms with Crippen molar-refractivity contribution in [1.29, 1.82) is 0 Å². The number of aromatic hydroxyl groups is 1. The van der Waals surface area contributed by atoms with E-state index in [2.05, 4.69) is 15.9 Å². The molecule has 0 radical (unpaired) electrons. The molecule has 7 heteroatoms. The molecule has 1 atom stereocenters. The van der Waals surface area contributed by atoms with Crippen molar-refractivity contribution in [3.8, 4) is 5.75 Å². The van der Waals surface area contributed by atoms with Crippen LogP contribution in [-0.2, 0) is 0 Å². The van der Waals surface area contributed by atoms with Crippen molar-refractivity contribution < 1.29 is 19.0 Å². The Morgan fingerprint density at radius 3 is 2.39 bits per heavy atom. The first kappa shape index (κ1) is 17.6. The predicted molar refractivity (Wildman–Crippen MR) is 70.8 cm³/mol. The second-order valence-corrected chi connectivity index (χ2v) is 5.40. The van der Waals surface area contributed by atoms with Crippen LogP contribution in [0.3, 0.4) is 0 Å². The molecule has 0 spiro atoms. The zero-order valence-electron chi connectivity index (χ0n) is 9.88. The van der Waals surface area contributed by atoms with Gasteiger partial charge in [-0.25, -0.2) is 8.78 Å². The summed E-state index contributed by atoms with van der Waals surface area (Å²) in [4.78, 5) is 0. The van der Waals surface area contributed by atoms with E-state index >= 15 is 0 Å². The van der Waals surface area contributed by atoms with E-state index in [-0.39, 0.29) is 29.1 Å². The van der Waals surface area contributed by atoms with Crippen LogP contribution in [0.1, 0.15) is 25.5 Å². The largest absolute Gasteiger partial charge is 0.506 e. The van der Waals surface area contributed by atoms with Crippen LogP contribution in [0.4, 0.5) is 8.78 Å². The van der Waals surface area contributed by atoms with Crippen LogP contribution in [0.2, 0.25) is 0 Å². The minimum atomic E-state index is -1.19. The molecule has 0 amide bonds. The summed E-state index contributed by atoms with van der Waals surface area (Å²) in [5.74, 6) is -2.74. The molecule has 0 aliphatic heterocycles. The summed E-state index contributed by atoms with van der Waals surface area (Å²) in [5, 5.41) is 18.9. The molecule has 0 aliphatic rings. The molecule has 0 aliphatic carbocycles. The lowest BCUT2D eigenvalue weighted by molar-refractivity contribution is 0.129. The second kappa shape index (κ2) is 6.14. The molecule has 0 unspecified atom stereocenters. The number of hydrogen-bond acceptors (Lipinski definition) is 3. The van der Waals surface area contributed by atoms with E-state index in [1.807, 2.05) is 0 Å². The maximum absolute atomic E-state index is 13.6. The SMILES string of the molecule is CC(C)(CO)[C@H](N)c1c(O)c(Br)cc(F)c1F.Cl. The Hall–Kier alpha value is -0.430. The smallest absolute Gasteiger partial charge is 0.167 e. The average Bonchev–Trinajstić information content (AvgIpc) is 2.26. The molecule has 0 aromatic heterocycles. The van der Waals surface area contributed by atoms with Gasteiger partial charge in [-0.05, 0) is 22.0 Å². The monoisotopic (exact) mass is 345 g/mol. The molecule has 1 aromatic rings. The van der Waals surface area contributed by atoms with Crippen LogP contribution in [0.25, 0.3) is 0 Å². The van der Waals surface area contributed by atoms with Gasteiger partial charge in [-0.3, -0.25) is 0 Å². The molecule has 0 saturated heterocycles. The summed E-state index contributed by atoms with van der Waals surface area (Å²) in [6.45, 7) is 2.87. The maximum Gasteiger partial charge on any atom is 0.167 e. The minimum absolute atomic E-state index is 0. The van der Waals surface area contributed by atoms with Crippen LogP contribution in [-0.4, -0.2) is 16.8 Å². The van der Waals surface area contributed by atoms with E-state index < -0.39 is 28.8 Å². The summed E-state index contributed by atoms with van der Waals surface area (Å²) in [6, 6.07) is -0.202. The zero-order chi connectivity index (χ0) is 13.4. The van der Waals surface area contributed by atoms with Gasteiger partial charge in [-0.1, -0.05) is 13.8 Å². The highest BCUT2D eigenvalue weighted by atomic mass is 79.9. The average molecular weight is 347 g/mol. The molecule has 1 aromatic carbocycles. The lowest BCUT2D eigenvalue weighted by atomic mass is 9.81. The summed E-state index contributed by atoms with van der Waals surface area (Å²) in [7, 11) is 0. The highest BCUT2D eigenvalue weighted by molar-refractivity contribution is 9.10. The van der Waals surface area contributed by atoms with Crippen molar-refractivity contribution in [2.24, 2.45) is 11.1 Å². The number of halogens is 4. The van der Waals surface area contributed by atoms with Crippen LogP contribution in [0.5, 0.6) is 5.75 Å². The number of phenolic OH excluding ortho intramolecular Hbond substituents is 1. The molecule has 0 bridgehead atoms. The molecule has 3 nitrogen and oxygen atoms in total. The summed E-state index contributed by atoms with van der Waals surface area (Å²) >= 11 is 2.91. The maximum atomic E-state index is 13.6. The highest BCUT2D eigenvalue weighted by Crippen LogP contribution is 2.41. The number of benzene rings is 1. The lowest BCUT2D eigenvalue weighted by Crippen LogP contribution is -2.33. The van der Waals surface area contributed by atoms with Gasteiger partial charge in [0.05, 0.1) is 10.0 Å². The summed E-state index contributed by atoms with van der Waals surface area (Å²) in [5.41, 5.74) is 4.55. The van der Waals surface area contributed by atoms with E-state index in [1.165, 1.54) is 0 Å². The number of phenols is 1. The summed E-state index contributed by atoms with van der Waals surface area (Å²) < 4.78 is 26.9. The number of nitrogens with two attached hydrogens (primary N) is 1. The highest BCUT2D eigenvalue weighted by Gasteiger charge is 2.33. The van der Waals surface area contributed by atoms with E-state index in [0.29, 0.717) is 0 Å². The van der Waals surface area contributed by atoms with Crippen molar-refractivity contribution in [3.63, 3.8) is 0 Å². The fourth-order valence-electron chi connectivity index (χ4n) is 1.38. The van der Waals surface area contributed by atoms with Crippen molar-refractivity contribution in [2.45, 2.75) is 19.9 Å². The van der Waals surface area contributed by atoms with E-state index in [0.717, 1.165) is 6.07 Å². The fourth-order valence-corrected chi connectivity index (χ4v) is 1.79. The molecule has 104 valence electrons. The normalized spacial score (nSPS) is 13.1. The van der Waals surface area contributed by atoms with E-state index in [1.54, 1.807) is 13.8 Å². The Labute approximate surface area is 119 Å². The first-order valence-electron chi connectivity index (χ1n) is 4.95. The Morgan fingerprint density at radius 2 is 1.94 bits per heavy atom. The van der Waals surface area contributed by atoms with Gasteiger partial charge in [0, 0.05) is 18.1 Å². The Bertz CT molecular complexity index is 417. The van der Waals surface area contributed by atoms with Gasteiger partial charge in [0.15, 0.2) is 11.6 Å². The summed E-state index contributed by atoms with van der Waals surface area (Å²) in [6.07, 6.45) is 0. The minimum Gasteiger partial charge on any atom is -0.506 e. The molecular formula is C11H15BrClF2NO2. The van der Waals surface area contributed by atoms with E-state index in [9.17, 15) is 13.9 Å². The Morgan fingerprint density at radius 1 is 1.44 bits per heavy atom. The second-order valence-electron chi connectivity index (χ2n) is 4.54. The molecule has 1 rings (SSSR count). The number of aliphatic hydroxyl groups excluding tert-OH is 1. The van der Waals surface area contributed by atoms with Crippen LogP contribution < -0.4 is 5.73 Å². The quantitative estimate of drug-likeness (QED) is 0.737. The topological polar surface area (TPSA) is 66.5 Å². The van der Waals surface area contributed by atoms with Crippen molar-refractivity contribution in [1.82, 2.24) is 0 Å². The third kappa shape index (κ3) is 3.12. The van der Waals surface area contributed by atoms with Gasteiger partial charge in [0.2, 0.25) is 0 Å². The number of rotatable bonds is 3. The van der Waals surface area contributed by atoms with Gasteiger partial charge in [-0.15, -0.1) is 12.4 Å². The first-order chi connectivity index (χ1) is 7.72. The first-order valence-corrected chi connectivity index (χ1v) is 5.74. The van der Waals surface area contributed by atoms with E-state index in [4.69, 9.17) is 10.8 Å². The van der Waals surface area contributed by atoms with Gasteiger partial charge in [0.1, 0.15) is 5.75 Å². The van der Waals surface area contributed by atoms with Crippen LogP contribution >= 0.6 is 28.3 Å². The predicted octanol–water partition coefficient (Wildman–Crippen LogP) is 2.87. The number of aliphatic hydroxyl groups is 1. The standard InChI is InChI=1S/C11H14BrF2NO2.ClH/c1-11(2,4-16)10(15)7-8(14)6(13)3-5(12)9(7)17;/h3,10,16-17H,4,15H2,1-2H3;1H/t10-;/m1./s1. The molecular weight excluding hydrogens is 331 g/mol. The third-order valence-corrected chi connectivity index (χ3v) is 3.35. The van der Waals surface area contributed by atoms with Crippen molar-refractivity contribution in [3.05, 3.63) is 27.7 Å². The van der Waals surface area contributed by atoms with Crippen molar-refractivity contribution in [2.75, 3.05) is 6.61 Å². The fraction of sp³-hybridized carbons (Fsp3) is 0.455. The zero-order valence-corrected chi connectivity index (χ0v) is 12.3. The molecule has 0 saturated carbocycles. The third-order valence-electron chi connectivity index (χ3n) is 2.74. The number of hydrogen-bond donors (Lipinski definition) is 3. The lowest BCUT2D eigenvalue weighted by Gasteiger charge is -2.30. The van der Waals surface area contributed by atoms with Crippen molar-refractivity contribution >= 4 is 28.3 Å². The molecule has 0 heterocycles. The van der Waals surface area contributed by atoms with Crippen LogP contribution in [0.15, 0.2) is 10.5 Å². The molecule has 4 N–H and O–H groups in total. The van der Waals surface area contributed by atoms with Crippen LogP contribution in [0, 0.1) is 17.0 Å². The molecule has 18 heavy (non-hydrogen) atoms. The molecule has 0 fully saturated rings. The Kier molecular flexibility index (Phi) is 6.00. The van der Waals surface area contributed by atoms with Gasteiger partial charge >= 0.3 is 0 Å². The van der Waals surface area contributed by atoms with Gasteiger partial charge in [-0.2, -0.15) is 0 Å². The van der Waals surface area contributed by atoms with Gasteiger partial charge < -0.3 is 15.9 Å². The van der Waals surface area contributed by atoms with Gasteiger partial charge in [0.25, 0.3) is 0 Å². The Balaban J connectivity index is 0.00000289.